The van der Waals surface area contributed by atoms with Crippen molar-refractivity contribution >= 4 is 11.9 Å². The first kappa shape index (κ1) is 18.9. The molecule has 3 rings (SSSR count). The van der Waals surface area contributed by atoms with Crippen LogP contribution in [-0.2, 0) is 9.53 Å². The Morgan fingerprint density at radius 3 is 2.37 bits per heavy atom. The van der Waals surface area contributed by atoms with E-state index in [2.05, 4.69) is 5.10 Å². The van der Waals surface area contributed by atoms with Crippen LogP contribution in [0.3, 0.4) is 0 Å². The predicted molar refractivity (Wildman–Crippen MR) is 100 cm³/mol. The van der Waals surface area contributed by atoms with Crippen LogP contribution < -0.4 is 4.74 Å². The van der Waals surface area contributed by atoms with Gasteiger partial charge in [0.05, 0.1) is 19.0 Å². The molecule has 1 aromatic heterocycles. The lowest BCUT2D eigenvalue weighted by Crippen LogP contribution is -2.40. The Hall–Kier alpha value is -2.83. The van der Waals surface area contributed by atoms with Crippen molar-refractivity contribution in [2.45, 2.75) is 38.7 Å². The summed E-state index contributed by atoms with van der Waals surface area (Å²) in [5.74, 6) is -0.526. The molecule has 0 radical (unpaired) electrons. The fourth-order valence-electron chi connectivity index (χ4n) is 3.18. The zero-order valence-corrected chi connectivity index (χ0v) is 15.8. The summed E-state index contributed by atoms with van der Waals surface area (Å²) in [6, 6.07) is 9.39. The largest absolute Gasteiger partial charge is 0.493 e. The van der Waals surface area contributed by atoms with E-state index in [1.807, 2.05) is 30.3 Å². The van der Waals surface area contributed by atoms with E-state index in [0.717, 1.165) is 31.4 Å². The van der Waals surface area contributed by atoms with Gasteiger partial charge in [0.25, 0.3) is 5.91 Å². The number of carbonyl (C=O) groups excluding carboxylic acids is 2. The van der Waals surface area contributed by atoms with Crippen molar-refractivity contribution in [3.05, 3.63) is 42.2 Å². The van der Waals surface area contributed by atoms with Gasteiger partial charge in [-0.25, -0.2) is 9.48 Å². The van der Waals surface area contributed by atoms with Crippen molar-refractivity contribution in [1.82, 2.24) is 14.7 Å². The van der Waals surface area contributed by atoms with Gasteiger partial charge >= 0.3 is 5.97 Å². The summed E-state index contributed by atoms with van der Waals surface area (Å²) in [4.78, 5) is 27.0. The standard InChI is InChI=1S/C20H25N3O4/c1-15(19(24)22-12-8-3-4-9-13-22)27-20(25)18-17(26-2)14-23(21-18)16-10-6-5-7-11-16/h5-7,10-11,14-15H,3-4,8-9,12-13H2,1-2H3/t15-/m0/s1. The van der Waals surface area contributed by atoms with E-state index in [1.165, 1.54) is 7.11 Å². The van der Waals surface area contributed by atoms with Crippen molar-refractivity contribution in [2.75, 3.05) is 20.2 Å². The molecule has 0 bridgehead atoms. The fourth-order valence-corrected chi connectivity index (χ4v) is 3.18. The normalized spacial score (nSPS) is 15.7. The molecule has 1 atom stereocenters. The smallest absolute Gasteiger partial charge is 0.363 e. The Balaban J connectivity index is 1.71. The molecule has 1 amide bonds. The molecule has 144 valence electrons. The highest BCUT2D eigenvalue weighted by Crippen LogP contribution is 2.21. The second-order valence-electron chi connectivity index (χ2n) is 6.61. The van der Waals surface area contributed by atoms with E-state index in [4.69, 9.17) is 9.47 Å². The molecule has 1 aliphatic heterocycles. The number of methoxy groups -OCH3 is 1. The second-order valence-corrected chi connectivity index (χ2v) is 6.61. The number of ether oxygens (including phenoxy) is 2. The van der Waals surface area contributed by atoms with Crippen molar-refractivity contribution in [2.24, 2.45) is 0 Å². The molecule has 2 heterocycles. The van der Waals surface area contributed by atoms with Crippen LogP contribution in [0.2, 0.25) is 0 Å². The SMILES string of the molecule is COc1cn(-c2ccccc2)nc1C(=O)O[C@@H](C)C(=O)N1CCCCCC1. The molecular weight excluding hydrogens is 346 g/mol. The minimum absolute atomic E-state index is 0.0527. The number of aromatic nitrogens is 2. The van der Waals surface area contributed by atoms with E-state index in [1.54, 1.807) is 22.7 Å². The monoisotopic (exact) mass is 371 g/mol. The molecule has 27 heavy (non-hydrogen) atoms. The first-order valence-corrected chi connectivity index (χ1v) is 9.29. The number of esters is 1. The van der Waals surface area contributed by atoms with Crippen LogP contribution in [0.5, 0.6) is 5.75 Å². The number of carbonyl (C=O) groups is 2. The first-order valence-electron chi connectivity index (χ1n) is 9.29. The average molecular weight is 371 g/mol. The molecule has 1 saturated heterocycles. The number of amides is 1. The molecule has 7 heteroatoms. The third kappa shape index (κ3) is 4.48. The van der Waals surface area contributed by atoms with E-state index in [9.17, 15) is 9.59 Å². The van der Waals surface area contributed by atoms with Crippen LogP contribution in [0.4, 0.5) is 0 Å². The molecule has 2 aromatic rings. The number of likely N-dealkylation sites (tertiary alicyclic amines) is 1. The van der Waals surface area contributed by atoms with Crippen molar-refractivity contribution in [3.63, 3.8) is 0 Å². The lowest BCUT2D eigenvalue weighted by atomic mass is 10.2. The Labute approximate surface area is 158 Å². The van der Waals surface area contributed by atoms with Crippen LogP contribution in [0.25, 0.3) is 5.69 Å². The van der Waals surface area contributed by atoms with Gasteiger partial charge in [-0.2, -0.15) is 5.10 Å². The summed E-state index contributed by atoms with van der Waals surface area (Å²) in [6.07, 6.45) is 5.00. The van der Waals surface area contributed by atoms with E-state index < -0.39 is 12.1 Å². The molecule has 0 aliphatic carbocycles. The molecule has 0 N–H and O–H groups in total. The quantitative estimate of drug-likeness (QED) is 0.756. The molecule has 1 aliphatic rings. The Morgan fingerprint density at radius 2 is 1.74 bits per heavy atom. The maximum atomic E-state index is 12.6. The summed E-state index contributed by atoms with van der Waals surface area (Å²) in [5, 5.41) is 4.28. The van der Waals surface area contributed by atoms with Gasteiger partial charge in [0.1, 0.15) is 0 Å². The molecule has 1 fully saturated rings. The van der Waals surface area contributed by atoms with E-state index in [-0.39, 0.29) is 11.6 Å². The second kappa shape index (κ2) is 8.70. The Bertz CT molecular complexity index is 780. The molecule has 0 unspecified atom stereocenters. The molecular formula is C20H25N3O4. The van der Waals surface area contributed by atoms with Gasteiger partial charge in [-0.1, -0.05) is 31.0 Å². The maximum Gasteiger partial charge on any atom is 0.363 e. The number of nitrogens with zero attached hydrogens (tertiary/aromatic N) is 3. The van der Waals surface area contributed by atoms with Crippen molar-refractivity contribution < 1.29 is 19.1 Å². The van der Waals surface area contributed by atoms with Gasteiger partial charge in [0, 0.05) is 13.1 Å². The van der Waals surface area contributed by atoms with Gasteiger partial charge in [0.2, 0.25) is 5.69 Å². The van der Waals surface area contributed by atoms with Crippen LogP contribution in [-0.4, -0.2) is 52.9 Å². The topological polar surface area (TPSA) is 73.7 Å². The first-order chi connectivity index (χ1) is 13.1. The molecule has 1 aromatic carbocycles. The van der Waals surface area contributed by atoms with Crippen LogP contribution in [0.1, 0.15) is 43.1 Å². The zero-order valence-electron chi connectivity index (χ0n) is 15.8. The maximum absolute atomic E-state index is 12.6. The number of hydrogen-bond acceptors (Lipinski definition) is 5. The van der Waals surface area contributed by atoms with Crippen LogP contribution in [0, 0.1) is 0 Å². The minimum Gasteiger partial charge on any atom is -0.493 e. The third-order valence-corrected chi connectivity index (χ3v) is 4.66. The predicted octanol–water partition coefficient (Wildman–Crippen LogP) is 2.83. The van der Waals surface area contributed by atoms with Gasteiger partial charge in [-0.3, -0.25) is 4.79 Å². The highest BCUT2D eigenvalue weighted by atomic mass is 16.6. The highest BCUT2D eigenvalue weighted by Gasteiger charge is 2.27. The summed E-state index contributed by atoms with van der Waals surface area (Å²) < 4.78 is 12.2. The summed E-state index contributed by atoms with van der Waals surface area (Å²) >= 11 is 0. The van der Waals surface area contributed by atoms with Crippen LogP contribution in [0.15, 0.2) is 36.5 Å². The summed E-state index contributed by atoms with van der Waals surface area (Å²) in [5.41, 5.74) is 0.848. The van der Waals surface area contributed by atoms with Crippen LogP contribution >= 0.6 is 0 Å². The minimum atomic E-state index is -0.859. The van der Waals surface area contributed by atoms with Gasteiger partial charge in [0.15, 0.2) is 11.9 Å². The summed E-state index contributed by atoms with van der Waals surface area (Å²) in [6.45, 7) is 3.03. The highest BCUT2D eigenvalue weighted by molar-refractivity contribution is 5.93. The number of rotatable bonds is 5. The molecule has 0 saturated carbocycles. The van der Waals surface area contributed by atoms with E-state index >= 15 is 0 Å². The summed E-state index contributed by atoms with van der Waals surface area (Å²) in [7, 11) is 1.47. The number of hydrogen-bond donors (Lipinski definition) is 0. The zero-order chi connectivity index (χ0) is 19.2. The molecule has 0 spiro atoms. The lowest BCUT2D eigenvalue weighted by molar-refractivity contribution is -0.139. The van der Waals surface area contributed by atoms with Crippen molar-refractivity contribution in [3.8, 4) is 11.4 Å². The van der Waals surface area contributed by atoms with E-state index in [0.29, 0.717) is 18.8 Å². The molecule has 7 nitrogen and oxygen atoms in total. The lowest BCUT2D eigenvalue weighted by Gasteiger charge is -2.23. The van der Waals surface area contributed by atoms with Gasteiger partial charge in [-0.15, -0.1) is 0 Å². The number of benzene rings is 1. The fraction of sp³-hybridized carbons (Fsp3) is 0.450. The average Bonchev–Trinajstić information content (AvgIpc) is 2.95. The van der Waals surface area contributed by atoms with Crippen molar-refractivity contribution in [1.29, 1.82) is 0 Å². The Morgan fingerprint density at radius 1 is 1.07 bits per heavy atom. The number of para-hydroxylation sites is 1. The Kier molecular flexibility index (Phi) is 6.11. The third-order valence-electron chi connectivity index (χ3n) is 4.66. The van der Waals surface area contributed by atoms with Gasteiger partial charge < -0.3 is 14.4 Å². The van der Waals surface area contributed by atoms with Gasteiger partial charge in [-0.05, 0) is 31.9 Å².